The number of fused-ring (bicyclic) bond motifs is 6. The van der Waals surface area contributed by atoms with Gasteiger partial charge in [0.1, 0.15) is 0 Å². The van der Waals surface area contributed by atoms with Crippen LogP contribution in [0.25, 0.3) is 88.4 Å². The maximum absolute atomic E-state index is 8.80. The molecule has 0 radical (unpaired) electrons. The van der Waals surface area contributed by atoms with Crippen LogP contribution in [0.5, 0.6) is 0 Å². The highest BCUT2D eigenvalue weighted by molar-refractivity contribution is 6.13. The van der Waals surface area contributed by atoms with E-state index in [1.165, 1.54) is 16.7 Å². The van der Waals surface area contributed by atoms with Gasteiger partial charge in [0, 0.05) is 32.9 Å². The Morgan fingerprint density at radius 2 is 0.840 bits per heavy atom. The summed E-state index contributed by atoms with van der Waals surface area (Å²) in [6.07, 6.45) is 0. The predicted molar refractivity (Wildman–Crippen MR) is 211 cm³/mol. The Balaban J connectivity index is 1.22. The molecule has 2 aromatic heterocycles. The number of hydrogen-bond acceptors (Lipinski definition) is 0. The maximum Gasteiger partial charge on any atom is 0.0645 e. The molecule has 234 valence electrons. The molecule has 10 rings (SSSR count). The molecule has 2 nitrogen and oxygen atoms in total. The van der Waals surface area contributed by atoms with E-state index in [2.05, 4.69) is 138 Å². The van der Waals surface area contributed by atoms with Crippen molar-refractivity contribution in [2.24, 2.45) is 0 Å². The van der Waals surface area contributed by atoms with Crippen molar-refractivity contribution in [1.29, 1.82) is 0 Å². The van der Waals surface area contributed by atoms with E-state index < -0.39 is 6.04 Å². The van der Waals surface area contributed by atoms with Crippen LogP contribution in [-0.2, 0) is 0 Å². The van der Waals surface area contributed by atoms with E-state index in [0.29, 0.717) is 0 Å². The summed E-state index contributed by atoms with van der Waals surface area (Å²) in [7, 11) is 0. The van der Waals surface area contributed by atoms with Crippen molar-refractivity contribution in [3.63, 3.8) is 0 Å². The third-order valence-corrected chi connectivity index (χ3v) is 9.82. The van der Waals surface area contributed by atoms with Crippen LogP contribution in [0.4, 0.5) is 0 Å². The average molecular weight is 642 g/mol. The highest BCUT2D eigenvalue weighted by Gasteiger charge is 2.19. The van der Waals surface area contributed by atoms with Crippen molar-refractivity contribution in [3.05, 3.63) is 194 Å². The molecule has 2 heteroatoms. The Kier molecular flexibility index (Phi) is 5.44. The second kappa shape index (κ2) is 11.5. The quantitative estimate of drug-likeness (QED) is 0.177. The topological polar surface area (TPSA) is 9.86 Å². The number of hydrogen-bond donors (Lipinski definition) is 0. The molecule has 50 heavy (non-hydrogen) atoms. The lowest BCUT2D eigenvalue weighted by molar-refractivity contribution is 1.17. The summed E-state index contributed by atoms with van der Waals surface area (Å²) in [5.41, 5.74) is 11.8. The number of aromatic nitrogens is 2. The van der Waals surface area contributed by atoms with Crippen molar-refractivity contribution in [2.75, 3.05) is 0 Å². The van der Waals surface area contributed by atoms with Crippen molar-refractivity contribution in [3.8, 4) is 44.8 Å². The zero-order valence-corrected chi connectivity index (χ0v) is 27.0. The summed E-state index contributed by atoms with van der Waals surface area (Å²) < 4.78 is 46.7. The van der Waals surface area contributed by atoms with E-state index in [4.69, 9.17) is 6.85 Å². The first-order valence-electron chi connectivity index (χ1n) is 19.3. The molecule has 0 spiro atoms. The van der Waals surface area contributed by atoms with E-state index in [1.54, 1.807) is 4.57 Å². The van der Waals surface area contributed by atoms with Gasteiger partial charge in [0.25, 0.3) is 0 Å². The highest BCUT2D eigenvalue weighted by Crippen LogP contribution is 2.43. The normalized spacial score (nSPS) is 13.0. The lowest BCUT2D eigenvalue weighted by Crippen LogP contribution is -1.95. The van der Waals surface area contributed by atoms with Crippen LogP contribution in [0, 0.1) is 0 Å². The van der Waals surface area contributed by atoms with Gasteiger partial charge in [0.2, 0.25) is 0 Å². The zero-order chi connectivity index (χ0) is 37.4. The summed E-state index contributed by atoms with van der Waals surface area (Å²) in [6, 6.07) is 55.4. The largest absolute Gasteiger partial charge is 0.309 e. The zero-order valence-electron chi connectivity index (χ0n) is 32.0. The Morgan fingerprint density at radius 1 is 0.340 bits per heavy atom. The van der Waals surface area contributed by atoms with E-state index in [1.807, 2.05) is 30.3 Å². The molecule has 0 unspecified atom stereocenters. The number of rotatable bonds is 5. The van der Waals surface area contributed by atoms with E-state index in [9.17, 15) is 0 Å². The standard InChI is InChI=1S/C48H32N2/c1-4-15-33(16-5-1)38-23-14-24-39(34-17-6-2-7-18-34)48(38)35-27-29-46-42(31-35)40-21-10-13-26-45(40)50(46)37-28-30-47-43(32-37)41-22-11-12-25-44(41)49(47)36-19-8-3-9-20-36/h1-32H/i3D,8D,9D,19D,20D. The molecular weight excluding hydrogens is 605 g/mol. The van der Waals surface area contributed by atoms with E-state index >= 15 is 0 Å². The molecule has 0 aliphatic rings. The fraction of sp³-hybridized carbons (Fsp3) is 0. The van der Waals surface area contributed by atoms with Gasteiger partial charge in [-0.3, -0.25) is 0 Å². The molecule has 0 bridgehead atoms. The van der Waals surface area contributed by atoms with Crippen LogP contribution in [-0.4, -0.2) is 9.13 Å². The smallest absolute Gasteiger partial charge is 0.0645 e. The van der Waals surface area contributed by atoms with Crippen LogP contribution < -0.4 is 0 Å². The number of benzene rings is 8. The van der Waals surface area contributed by atoms with Gasteiger partial charge in [-0.15, -0.1) is 0 Å². The van der Waals surface area contributed by atoms with Crippen molar-refractivity contribution in [1.82, 2.24) is 9.13 Å². The van der Waals surface area contributed by atoms with E-state index in [0.717, 1.165) is 66.0 Å². The molecule has 8 aromatic carbocycles. The van der Waals surface area contributed by atoms with Gasteiger partial charge in [-0.25, -0.2) is 0 Å². The lowest BCUT2D eigenvalue weighted by Gasteiger charge is -2.17. The average Bonchev–Trinajstić information content (AvgIpc) is 3.74. The lowest BCUT2D eigenvalue weighted by atomic mass is 9.87. The Bertz CT molecular complexity index is 3060. The first-order chi connectivity index (χ1) is 26.9. The van der Waals surface area contributed by atoms with Gasteiger partial charge in [-0.1, -0.05) is 139 Å². The summed E-state index contributed by atoms with van der Waals surface area (Å²) in [5.74, 6) is 0. The fourth-order valence-corrected chi connectivity index (χ4v) is 7.68. The third kappa shape index (κ3) is 4.43. The molecule has 0 saturated heterocycles. The first-order valence-corrected chi connectivity index (χ1v) is 16.8. The minimum absolute atomic E-state index is 0.139. The molecule has 0 saturated carbocycles. The van der Waals surface area contributed by atoms with Crippen LogP contribution in [0.2, 0.25) is 0 Å². The summed E-state index contributed by atoms with van der Waals surface area (Å²) in [6.45, 7) is 0. The molecule has 2 heterocycles. The van der Waals surface area contributed by atoms with Gasteiger partial charge in [0.15, 0.2) is 0 Å². The van der Waals surface area contributed by atoms with Gasteiger partial charge in [0.05, 0.1) is 28.9 Å². The van der Waals surface area contributed by atoms with Crippen LogP contribution in [0.3, 0.4) is 0 Å². The Labute approximate surface area is 297 Å². The molecule has 0 fully saturated rings. The van der Waals surface area contributed by atoms with Crippen molar-refractivity contribution >= 4 is 43.6 Å². The molecule has 10 aromatic rings. The van der Waals surface area contributed by atoms with Gasteiger partial charge in [-0.05, 0) is 87.9 Å². The Morgan fingerprint density at radius 3 is 1.46 bits per heavy atom. The Hall–Kier alpha value is -6.64. The number of nitrogens with zero attached hydrogens (tertiary/aromatic N) is 2. The minimum atomic E-state index is -0.406. The third-order valence-electron chi connectivity index (χ3n) is 9.82. The second-order valence-corrected chi connectivity index (χ2v) is 12.6. The van der Waals surface area contributed by atoms with Gasteiger partial charge >= 0.3 is 0 Å². The predicted octanol–water partition coefficient (Wildman–Crippen LogP) is 12.9. The SMILES string of the molecule is [2H]c1c([2H])c([2H])c(-n2c3ccccc3c3cc(-n4c5ccccc5c5cc(-c6c(-c7ccccc7)cccc6-c6ccccc6)ccc54)ccc32)c([2H])c1[2H]. The molecule has 0 atom stereocenters. The molecular formula is C48H32N2. The minimum Gasteiger partial charge on any atom is -0.309 e. The number of para-hydroxylation sites is 3. The molecule has 0 amide bonds. The fourth-order valence-electron chi connectivity index (χ4n) is 7.68. The van der Waals surface area contributed by atoms with Crippen LogP contribution in [0.1, 0.15) is 6.85 Å². The van der Waals surface area contributed by atoms with Crippen LogP contribution >= 0.6 is 0 Å². The first kappa shape index (κ1) is 23.6. The summed E-state index contributed by atoms with van der Waals surface area (Å²) in [4.78, 5) is 0. The summed E-state index contributed by atoms with van der Waals surface area (Å²) in [5, 5.41) is 4.13. The highest BCUT2D eigenvalue weighted by atomic mass is 15.0. The molecule has 0 aliphatic heterocycles. The van der Waals surface area contributed by atoms with E-state index in [-0.39, 0.29) is 29.9 Å². The van der Waals surface area contributed by atoms with Crippen molar-refractivity contribution in [2.45, 2.75) is 0 Å². The summed E-state index contributed by atoms with van der Waals surface area (Å²) >= 11 is 0. The van der Waals surface area contributed by atoms with Crippen LogP contribution in [0.15, 0.2) is 194 Å². The monoisotopic (exact) mass is 641 g/mol. The van der Waals surface area contributed by atoms with Gasteiger partial charge in [-0.2, -0.15) is 0 Å². The van der Waals surface area contributed by atoms with Gasteiger partial charge < -0.3 is 9.13 Å². The molecule has 0 aliphatic carbocycles. The second-order valence-electron chi connectivity index (χ2n) is 12.6. The van der Waals surface area contributed by atoms with Crippen molar-refractivity contribution < 1.29 is 6.85 Å². The maximum atomic E-state index is 8.80. The molecule has 0 N–H and O–H groups in total.